The van der Waals surface area contributed by atoms with Gasteiger partial charge in [-0.05, 0) is 146 Å². The first-order valence-electron chi connectivity index (χ1n) is 39.3. The van der Waals surface area contributed by atoms with Crippen LogP contribution in [0.25, 0.3) is 21.9 Å². The molecule has 15 rings (SSSR count). The average molecular weight is 1730 g/mol. The summed E-state index contributed by atoms with van der Waals surface area (Å²) in [6.07, 6.45) is -22.8. The summed E-state index contributed by atoms with van der Waals surface area (Å²) in [5, 5.41) is 139. The Morgan fingerprint density at radius 2 is 1.27 bits per heavy atom. The number of aliphatic hydroxyl groups excluding tert-OH is 6. The Hall–Kier alpha value is -10.6. The van der Waals surface area contributed by atoms with Gasteiger partial charge in [-0.15, -0.1) is 0 Å². The zero-order chi connectivity index (χ0) is 88.0. The number of phenols is 3. The summed E-state index contributed by atoms with van der Waals surface area (Å²) in [6, 6.07) is 13.2. The molecule has 8 aliphatic rings. The Balaban J connectivity index is 1.03. The fraction of sp³-hybridized carbons (Fsp3) is 0.429. The molecule has 652 valence electrons. The van der Waals surface area contributed by atoms with Gasteiger partial charge < -0.3 is 143 Å². The van der Waals surface area contributed by atoms with Crippen LogP contribution in [0, 0.1) is 5.92 Å². The van der Waals surface area contributed by atoms with Gasteiger partial charge in [0.25, 0.3) is 0 Å². The summed E-state index contributed by atoms with van der Waals surface area (Å²) < 4.78 is 52.9. The molecule has 0 aliphatic carbocycles. The second-order valence-corrected chi connectivity index (χ2v) is 33.0. The van der Waals surface area contributed by atoms with Gasteiger partial charge in [0.1, 0.15) is 89.5 Å². The smallest absolute Gasteiger partial charge is 0.330 e. The first-order chi connectivity index (χ1) is 57.8. The minimum Gasteiger partial charge on any atom is -0.508 e. The van der Waals surface area contributed by atoms with Gasteiger partial charge >= 0.3 is 5.97 Å². The Morgan fingerprint density at radius 1 is 0.648 bits per heavy atom. The number of rotatable bonds is 18. The minimum absolute atomic E-state index is 0.116. The lowest BCUT2D eigenvalue weighted by atomic mass is 9.84. The highest BCUT2D eigenvalue weighted by molar-refractivity contribution is 6.32. The standard InChI is InChI=1S/C84H96Cl2N10O26/c1-34(2)20-49(89-7)75(107)95-65-67(102)41-15-18-53(47(85)23-41)117-55-25-43-26-56(71(55)122-82-72(69(104)68(103)57(33-97)119-82)121-60-31-84(6,74(106)36(4)116-60)90-32-37-12-13-38-10-8-9-11-39(38)21-37)118-54-19-16-42(24-48(54)86)70(120-59-30-83(5,88)73(105)35(3)115-59)66-80(112)94-64(81(113)114)46-27-44(98)28-52(100)61(46)45-22-40(14-17-51(45)99)62(77(109)96-66)93-78(110)63(43)92-76(108)50(29-58(87)101)91-79(65)111/h8-19,21-28,34-36,49-50,57,59-60,62-70,72-74,82,89-90,97-100,102-106H,20,29-33,88H2,1-7H3,(H2,87,101)(H,91,111)(H,92,108)(H,93,110)(H,94,112)(H,95,107)(H,96,109)(H,113,114)/t35-,36-,49+,50-,57+,59-,60-,62+,63+,64+,65+,66-,67+,68+,69-,70+,72+,73+,74+,82-,83-,84-/m0/s1. The van der Waals surface area contributed by atoms with E-state index in [1.165, 1.54) is 51.2 Å². The number of carbonyl (C=O) groups excluding carboxylic acids is 7. The van der Waals surface area contributed by atoms with Crippen molar-refractivity contribution in [3.63, 3.8) is 0 Å². The lowest BCUT2D eigenvalue weighted by Crippen LogP contribution is -2.65. The molecule has 0 unspecified atom stereocenters. The third-order valence-corrected chi connectivity index (χ3v) is 23.2. The number of primary amides is 1. The topological polar surface area (TPSA) is 561 Å². The van der Waals surface area contributed by atoms with Crippen LogP contribution in [0.1, 0.15) is 131 Å². The summed E-state index contributed by atoms with van der Waals surface area (Å²) in [5.41, 5.74) is 7.87. The highest BCUT2D eigenvalue weighted by Crippen LogP contribution is 2.51. The van der Waals surface area contributed by atoms with Gasteiger partial charge in [-0.1, -0.05) is 91.6 Å². The number of aliphatic carboxylic acids is 1. The number of likely N-dealkylation sites (N-methyl/N-ethyl adjacent to an activating group) is 1. The number of nitrogens with one attached hydrogen (secondary N) is 8. The van der Waals surface area contributed by atoms with Gasteiger partial charge in [-0.2, -0.15) is 0 Å². The molecule has 8 heterocycles. The molecule has 0 saturated carbocycles. The highest BCUT2D eigenvalue weighted by atomic mass is 35.5. The number of carboxylic acid groups (broad SMARTS) is 1. The number of carboxylic acids is 1. The van der Waals surface area contributed by atoms with E-state index in [1.807, 2.05) is 56.3 Å². The normalized spacial score (nSPS) is 30.2. The summed E-state index contributed by atoms with van der Waals surface area (Å²) in [7, 11) is 1.48. The number of ether oxygens (including phenoxy) is 8. The quantitative estimate of drug-likeness (QED) is 0.0586. The number of phenolic OH excluding ortho intramolecular Hbond substituents is 3. The number of halogens is 2. The number of carbonyl (C=O) groups is 8. The Morgan fingerprint density at radius 3 is 1.91 bits per heavy atom. The van der Waals surface area contributed by atoms with Crippen molar-refractivity contribution in [2.75, 3.05) is 13.7 Å². The Labute approximate surface area is 707 Å². The summed E-state index contributed by atoms with van der Waals surface area (Å²) in [6.45, 7) is 9.13. The van der Waals surface area contributed by atoms with Crippen LogP contribution in [0.15, 0.2) is 121 Å². The molecule has 3 fully saturated rings. The number of benzene rings is 7. The second-order valence-electron chi connectivity index (χ2n) is 32.2. The molecule has 7 aromatic rings. The molecular weight excluding hydrogens is 1640 g/mol. The van der Waals surface area contributed by atoms with Crippen LogP contribution in [-0.4, -0.2) is 215 Å². The van der Waals surface area contributed by atoms with Gasteiger partial charge in [-0.3, -0.25) is 33.6 Å². The molecule has 7 aromatic carbocycles. The lowest BCUT2D eigenvalue weighted by Gasteiger charge is -2.48. The van der Waals surface area contributed by atoms with Gasteiger partial charge in [0.05, 0.1) is 53.5 Å². The Kier molecular flexibility index (Phi) is 26.6. The number of fused-ring (bicyclic) bond motifs is 16. The van der Waals surface area contributed by atoms with Crippen molar-refractivity contribution in [1.82, 2.24) is 42.5 Å². The average Bonchev–Trinajstić information content (AvgIpc) is 0.764. The SMILES string of the molecule is CN[C@H](CC(C)C)C(=O)N[C@H]1C(=O)N[C@@H](CC(N)=O)C(=O)N[C@H]2C(=O)N[C@H]3C(=O)N[C@H](C(=O)N[C@@H](C(=O)O)c4cc(O)cc(O)c4-c4cc3ccc4O)[C@H](O[C@H]3C[C@](C)(N)[C@H](O)[C@H](C)O3)c3ccc(c(Cl)c3)Oc3cc2cc(c3O[C@@H]2O[C@H](CO)[C@@H](O)[C@H](O)[C@H]2O[C@H]2C[C@](C)(NCc3ccc4ccccc4c3)[C@H](O)[C@H](C)O2)Oc2ccc(cc2Cl)[C@H]1O. The van der Waals surface area contributed by atoms with Crippen molar-refractivity contribution < 1.29 is 127 Å². The van der Waals surface area contributed by atoms with Crippen LogP contribution in [0.4, 0.5) is 0 Å². The molecule has 22 atom stereocenters. The fourth-order valence-corrected chi connectivity index (χ4v) is 16.5. The van der Waals surface area contributed by atoms with E-state index in [-0.39, 0.29) is 59.2 Å². The maximum Gasteiger partial charge on any atom is 0.330 e. The number of aliphatic hydroxyl groups is 6. The molecule has 22 N–H and O–H groups in total. The maximum absolute atomic E-state index is 16.5. The molecule has 38 heteroatoms. The summed E-state index contributed by atoms with van der Waals surface area (Å²) in [4.78, 5) is 121. The molecule has 0 aromatic heterocycles. The molecule has 0 spiro atoms. The van der Waals surface area contributed by atoms with E-state index in [0.29, 0.717) is 0 Å². The van der Waals surface area contributed by atoms with E-state index >= 15 is 24.0 Å². The summed E-state index contributed by atoms with van der Waals surface area (Å²) in [5.74, 6) is -16.1. The van der Waals surface area contributed by atoms with Crippen molar-refractivity contribution in [3.8, 4) is 57.1 Å². The van der Waals surface area contributed by atoms with Crippen LogP contribution >= 0.6 is 23.2 Å². The largest absolute Gasteiger partial charge is 0.508 e. The third kappa shape index (κ3) is 19.0. The molecule has 0 radical (unpaired) electrons. The van der Waals surface area contributed by atoms with E-state index in [1.54, 1.807) is 13.8 Å². The zero-order valence-electron chi connectivity index (χ0n) is 66.8. The van der Waals surface area contributed by atoms with Crippen LogP contribution in [0.3, 0.4) is 0 Å². The van der Waals surface area contributed by atoms with Crippen LogP contribution in [0.2, 0.25) is 10.0 Å². The van der Waals surface area contributed by atoms with Gasteiger partial charge in [0, 0.05) is 53.2 Å². The van der Waals surface area contributed by atoms with E-state index < -0.39 is 261 Å². The third-order valence-electron chi connectivity index (χ3n) is 22.6. The van der Waals surface area contributed by atoms with E-state index in [0.717, 1.165) is 64.9 Å². The highest BCUT2D eigenvalue weighted by Gasteiger charge is 2.53. The van der Waals surface area contributed by atoms with E-state index in [2.05, 4.69) is 42.5 Å². The molecule has 122 heavy (non-hydrogen) atoms. The van der Waals surface area contributed by atoms with E-state index in [9.17, 15) is 65.4 Å². The number of hydrogen-bond acceptors (Lipinski definition) is 28. The molecule has 7 amide bonds. The zero-order valence-corrected chi connectivity index (χ0v) is 68.3. The van der Waals surface area contributed by atoms with Crippen molar-refractivity contribution in [3.05, 3.63) is 165 Å². The predicted molar refractivity (Wildman–Crippen MR) is 432 cm³/mol. The lowest BCUT2D eigenvalue weighted by molar-refractivity contribution is -0.334. The van der Waals surface area contributed by atoms with Crippen molar-refractivity contribution in [2.45, 2.75) is 207 Å². The van der Waals surface area contributed by atoms with Crippen molar-refractivity contribution in [2.24, 2.45) is 17.4 Å². The number of aromatic hydroxyl groups is 3. The number of nitrogens with two attached hydrogens (primary N) is 2. The van der Waals surface area contributed by atoms with Crippen molar-refractivity contribution >= 4 is 81.3 Å². The number of amides is 7. The fourth-order valence-electron chi connectivity index (χ4n) is 16.1. The minimum atomic E-state index is -2.39. The van der Waals surface area contributed by atoms with E-state index in [4.69, 9.17) is 72.6 Å². The predicted octanol–water partition coefficient (Wildman–Crippen LogP) is 3.33. The maximum atomic E-state index is 16.5. The summed E-state index contributed by atoms with van der Waals surface area (Å²) >= 11 is 14.7. The van der Waals surface area contributed by atoms with Crippen LogP contribution in [-0.2, 0) is 68.6 Å². The van der Waals surface area contributed by atoms with Gasteiger partial charge in [0.15, 0.2) is 36.2 Å². The molecule has 8 aliphatic heterocycles. The van der Waals surface area contributed by atoms with Crippen molar-refractivity contribution in [1.29, 1.82) is 0 Å². The van der Waals surface area contributed by atoms with Crippen LogP contribution < -0.4 is 68.2 Å². The monoisotopic (exact) mass is 1730 g/mol. The molecule has 3 saturated heterocycles. The first kappa shape index (κ1) is 89.1. The number of hydrogen-bond donors (Lipinski definition) is 20. The second kappa shape index (κ2) is 36.4. The molecule has 11 bridgehead atoms. The molecule has 36 nitrogen and oxygen atoms in total. The van der Waals surface area contributed by atoms with Gasteiger partial charge in [0.2, 0.25) is 53.4 Å². The first-order valence-corrected chi connectivity index (χ1v) is 40.1. The Bertz CT molecular complexity index is 5180. The molecular formula is C84H96Cl2N10O26. The van der Waals surface area contributed by atoms with Crippen LogP contribution in [0.5, 0.6) is 46.0 Å². The van der Waals surface area contributed by atoms with Gasteiger partial charge in [-0.25, -0.2) is 4.79 Å².